The summed E-state index contributed by atoms with van der Waals surface area (Å²) in [6.45, 7) is 0. The van der Waals surface area contributed by atoms with E-state index in [-0.39, 0.29) is 17.2 Å². The standard InChI is InChI=1S/C6H7N.C6H6O3/c7-6-4-2-1-3-5-6;7-4-1-5(8)3-6(9)2-4/h1-5H,7H2;1-3,7-9H. The molecule has 0 radical (unpaired) electrons. The molecule has 5 N–H and O–H groups in total. The summed E-state index contributed by atoms with van der Waals surface area (Å²) in [7, 11) is 0. The van der Waals surface area contributed by atoms with Crippen LogP contribution in [-0.4, -0.2) is 15.3 Å². The van der Waals surface area contributed by atoms with Gasteiger partial charge in [0.05, 0.1) is 0 Å². The number of nitrogen functional groups attached to an aromatic ring is 1. The van der Waals surface area contributed by atoms with E-state index in [4.69, 9.17) is 21.1 Å². The molecule has 84 valence electrons. The van der Waals surface area contributed by atoms with Crippen LogP contribution in [0.5, 0.6) is 17.2 Å². The maximum Gasteiger partial charge on any atom is 0.122 e. The number of anilines is 1. The molecule has 0 atom stereocenters. The van der Waals surface area contributed by atoms with E-state index < -0.39 is 0 Å². The Balaban J connectivity index is 0.000000165. The third-order valence-electron chi connectivity index (χ3n) is 1.69. The van der Waals surface area contributed by atoms with Gasteiger partial charge in [-0.2, -0.15) is 0 Å². The number of benzene rings is 2. The van der Waals surface area contributed by atoms with E-state index in [9.17, 15) is 0 Å². The van der Waals surface area contributed by atoms with Crippen molar-refractivity contribution in [2.45, 2.75) is 0 Å². The Morgan fingerprint density at radius 2 is 1.06 bits per heavy atom. The van der Waals surface area contributed by atoms with Crippen LogP contribution in [0.3, 0.4) is 0 Å². The van der Waals surface area contributed by atoms with Crippen LogP contribution >= 0.6 is 0 Å². The van der Waals surface area contributed by atoms with Gasteiger partial charge in [0.2, 0.25) is 0 Å². The van der Waals surface area contributed by atoms with Gasteiger partial charge in [0.15, 0.2) is 0 Å². The van der Waals surface area contributed by atoms with Crippen LogP contribution in [0.1, 0.15) is 0 Å². The van der Waals surface area contributed by atoms with Crippen LogP contribution in [0.25, 0.3) is 0 Å². The summed E-state index contributed by atoms with van der Waals surface area (Å²) in [6.07, 6.45) is 0. The maximum atomic E-state index is 8.67. The van der Waals surface area contributed by atoms with E-state index in [0.29, 0.717) is 0 Å². The molecule has 0 aromatic heterocycles. The van der Waals surface area contributed by atoms with E-state index in [1.165, 1.54) is 0 Å². The second kappa shape index (κ2) is 5.50. The zero-order chi connectivity index (χ0) is 12.0. The van der Waals surface area contributed by atoms with Crippen molar-refractivity contribution in [1.82, 2.24) is 0 Å². The molecule has 0 heterocycles. The molecule has 0 saturated carbocycles. The Labute approximate surface area is 93.2 Å². The molecular formula is C12H13NO3. The quantitative estimate of drug-likeness (QED) is 0.511. The van der Waals surface area contributed by atoms with Crippen LogP contribution in [0.4, 0.5) is 5.69 Å². The predicted octanol–water partition coefficient (Wildman–Crippen LogP) is 2.07. The monoisotopic (exact) mass is 219 g/mol. The van der Waals surface area contributed by atoms with Crippen LogP contribution in [0.15, 0.2) is 48.5 Å². The first kappa shape index (κ1) is 11.7. The third kappa shape index (κ3) is 4.23. The normalized spacial score (nSPS) is 9.00. The summed E-state index contributed by atoms with van der Waals surface area (Å²) in [5.41, 5.74) is 6.18. The smallest absolute Gasteiger partial charge is 0.122 e. The summed E-state index contributed by atoms with van der Waals surface area (Å²) in [6, 6.07) is 12.9. The molecule has 16 heavy (non-hydrogen) atoms. The minimum Gasteiger partial charge on any atom is -0.508 e. The Morgan fingerprint density at radius 1 is 0.688 bits per heavy atom. The summed E-state index contributed by atoms with van der Waals surface area (Å²) in [5.74, 6) is -0.437. The Kier molecular flexibility index (Phi) is 4.03. The Bertz CT molecular complexity index is 393. The van der Waals surface area contributed by atoms with Crippen molar-refractivity contribution in [2.24, 2.45) is 0 Å². The van der Waals surface area contributed by atoms with E-state index >= 15 is 0 Å². The second-order valence-corrected chi connectivity index (χ2v) is 3.12. The first-order valence-electron chi connectivity index (χ1n) is 4.60. The van der Waals surface area contributed by atoms with Crippen LogP contribution < -0.4 is 5.73 Å². The Hall–Kier alpha value is -2.36. The third-order valence-corrected chi connectivity index (χ3v) is 1.69. The maximum absolute atomic E-state index is 8.67. The lowest BCUT2D eigenvalue weighted by Crippen LogP contribution is -1.79. The van der Waals surface area contributed by atoms with Gasteiger partial charge in [-0.25, -0.2) is 0 Å². The second-order valence-electron chi connectivity index (χ2n) is 3.12. The highest BCUT2D eigenvalue weighted by atomic mass is 16.3. The first-order chi connectivity index (χ1) is 7.58. The predicted molar refractivity (Wildman–Crippen MR) is 62.3 cm³/mol. The number of rotatable bonds is 0. The highest BCUT2D eigenvalue weighted by Crippen LogP contribution is 2.23. The van der Waals surface area contributed by atoms with E-state index in [0.717, 1.165) is 23.9 Å². The van der Waals surface area contributed by atoms with E-state index in [1.54, 1.807) is 0 Å². The van der Waals surface area contributed by atoms with Gasteiger partial charge in [-0.15, -0.1) is 0 Å². The highest BCUT2D eigenvalue weighted by molar-refractivity contribution is 5.39. The zero-order valence-corrected chi connectivity index (χ0v) is 8.54. The van der Waals surface area contributed by atoms with Gasteiger partial charge in [0.25, 0.3) is 0 Å². The van der Waals surface area contributed by atoms with Gasteiger partial charge in [-0.1, -0.05) is 18.2 Å². The molecule has 0 spiro atoms. The SMILES string of the molecule is Nc1ccccc1.Oc1cc(O)cc(O)c1. The molecule has 4 nitrogen and oxygen atoms in total. The molecule has 4 heteroatoms. The number of phenols is 3. The largest absolute Gasteiger partial charge is 0.508 e. The van der Waals surface area contributed by atoms with Crippen molar-refractivity contribution >= 4 is 5.69 Å². The molecule has 2 aromatic rings. The number of nitrogens with two attached hydrogens (primary N) is 1. The molecule has 0 bridgehead atoms. The van der Waals surface area contributed by atoms with E-state index in [2.05, 4.69) is 0 Å². The van der Waals surface area contributed by atoms with Crippen LogP contribution in [0.2, 0.25) is 0 Å². The summed E-state index contributed by atoms with van der Waals surface area (Å²) < 4.78 is 0. The molecule has 0 unspecified atom stereocenters. The van der Waals surface area contributed by atoms with Crippen molar-refractivity contribution in [3.05, 3.63) is 48.5 Å². The van der Waals surface area contributed by atoms with Crippen LogP contribution in [-0.2, 0) is 0 Å². The van der Waals surface area contributed by atoms with Gasteiger partial charge >= 0.3 is 0 Å². The molecule has 0 amide bonds. The lowest BCUT2D eigenvalue weighted by Gasteiger charge is -1.94. The number of hydrogen-bond acceptors (Lipinski definition) is 4. The van der Waals surface area contributed by atoms with Gasteiger partial charge < -0.3 is 21.1 Å². The molecule has 0 saturated heterocycles. The zero-order valence-electron chi connectivity index (χ0n) is 8.54. The number of aromatic hydroxyl groups is 3. The highest BCUT2D eigenvalue weighted by Gasteiger charge is 1.94. The van der Waals surface area contributed by atoms with Crippen LogP contribution in [0, 0.1) is 0 Å². The van der Waals surface area contributed by atoms with Crippen molar-refractivity contribution < 1.29 is 15.3 Å². The fourth-order valence-electron chi connectivity index (χ4n) is 1.03. The lowest BCUT2D eigenvalue weighted by molar-refractivity contribution is 0.428. The van der Waals surface area contributed by atoms with Crippen molar-refractivity contribution in [2.75, 3.05) is 5.73 Å². The van der Waals surface area contributed by atoms with Crippen molar-refractivity contribution in [3.8, 4) is 17.2 Å². The van der Waals surface area contributed by atoms with Crippen molar-refractivity contribution in [3.63, 3.8) is 0 Å². The molecule has 0 aliphatic heterocycles. The van der Waals surface area contributed by atoms with Crippen molar-refractivity contribution in [1.29, 1.82) is 0 Å². The average molecular weight is 219 g/mol. The summed E-state index contributed by atoms with van der Waals surface area (Å²) >= 11 is 0. The average Bonchev–Trinajstić information content (AvgIpc) is 2.17. The molecular weight excluding hydrogens is 206 g/mol. The molecule has 0 fully saturated rings. The number of hydrogen-bond donors (Lipinski definition) is 4. The van der Waals surface area contributed by atoms with Gasteiger partial charge in [0.1, 0.15) is 17.2 Å². The minimum absolute atomic E-state index is 0.146. The molecule has 0 aliphatic carbocycles. The molecule has 0 aliphatic rings. The molecule has 2 aromatic carbocycles. The fourth-order valence-corrected chi connectivity index (χ4v) is 1.03. The van der Waals surface area contributed by atoms with Gasteiger partial charge in [-0.3, -0.25) is 0 Å². The minimum atomic E-state index is -0.146. The van der Waals surface area contributed by atoms with Gasteiger partial charge in [-0.05, 0) is 12.1 Å². The van der Waals surface area contributed by atoms with Gasteiger partial charge in [0, 0.05) is 23.9 Å². The number of para-hydroxylation sites is 1. The summed E-state index contributed by atoms with van der Waals surface area (Å²) in [5, 5.41) is 26.0. The lowest BCUT2D eigenvalue weighted by atomic mass is 10.3. The Morgan fingerprint density at radius 3 is 1.31 bits per heavy atom. The number of phenolic OH excluding ortho intramolecular Hbond substituents is 3. The summed E-state index contributed by atoms with van der Waals surface area (Å²) in [4.78, 5) is 0. The first-order valence-corrected chi connectivity index (χ1v) is 4.60. The molecule has 2 rings (SSSR count). The fraction of sp³-hybridized carbons (Fsp3) is 0. The topological polar surface area (TPSA) is 86.7 Å². The van der Waals surface area contributed by atoms with E-state index in [1.807, 2.05) is 30.3 Å².